The number of benzene rings is 2. The molecule has 0 heterocycles. The Morgan fingerprint density at radius 3 is 2.48 bits per heavy atom. The predicted octanol–water partition coefficient (Wildman–Crippen LogP) is 3.62. The SMILES string of the molecule is CC(=O)c1cc(OCCCC(=O)N(C)Cc2ccccc2)ccc1[N+](=O)[O-]. The molecule has 2 rings (SSSR count). The number of hydrogen-bond donors (Lipinski definition) is 0. The predicted molar refractivity (Wildman–Crippen MR) is 101 cm³/mol. The number of carbonyl (C=O) groups excluding carboxylic acids is 2. The zero-order valence-corrected chi connectivity index (χ0v) is 15.4. The summed E-state index contributed by atoms with van der Waals surface area (Å²) in [5, 5.41) is 10.9. The van der Waals surface area contributed by atoms with Crippen molar-refractivity contribution in [1.82, 2.24) is 4.90 Å². The fraction of sp³-hybridized carbons (Fsp3) is 0.300. The number of nitrogens with zero attached hydrogens (tertiary/aromatic N) is 2. The highest BCUT2D eigenvalue weighted by atomic mass is 16.6. The van der Waals surface area contributed by atoms with Gasteiger partial charge in [-0.05, 0) is 31.0 Å². The molecule has 7 nitrogen and oxygen atoms in total. The first-order valence-corrected chi connectivity index (χ1v) is 8.58. The maximum atomic E-state index is 12.2. The van der Waals surface area contributed by atoms with E-state index in [9.17, 15) is 19.7 Å². The van der Waals surface area contributed by atoms with Crippen LogP contribution in [-0.4, -0.2) is 35.2 Å². The zero-order chi connectivity index (χ0) is 19.8. The second-order valence-corrected chi connectivity index (χ2v) is 6.18. The molecule has 1 amide bonds. The lowest BCUT2D eigenvalue weighted by molar-refractivity contribution is -0.385. The minimum Gasteiger partial charge on any atom is -0.494 e. The van der Waals surface area contributed by atoms with Crippen molar-refractivity contribution in [3.05, 3.63) is 69.8 Å². The van der Waals surface area contributed by atoms with E-state index in [4.69, 9.17) is 4.74 Å². The Labute approximate surface area is 157 Å². The van der Waals surface area contributed by atoms with E-state index in [1.807, 2.05) is 30.3 Å². The molecule has 0 aromatic heterocycles. The van der Waals surface area contributed by atoms with Crippen molar-refractivity contribution in [1.29, 1.82) is 0 Å². The van der Waals surface area contributed by atoms with Gasteiger partial charge in [0.2, 0.25) is 5.91 Å². The Morgan fingerprint density at radius 1 is 1.15 bits per heavy atom. The molecule has 0 spiro atoms. The summed E-state index contributed by atoms with van der Waals surface area (Å²) in [6.45, 7) is 2.10. The molecule has 0 radical (unpaired) electrons. The first kappa shape index (κ1) is 20.1. The Morgan fingerprint density at radius 2 is 1.85 bits per heavy atom. The Hall–Kier alpha value is -3.22. The summed E-state index contributed by atoms with van der Waals surface area (Å²) in [6, 6.07) is 13.8. The van der Waals surface area contributed by atoms with Crippen molar-refractivity contribution in [3.63, 3.8) is 0 Å². The van der Waals surface area contributed by atoms with Gasteiger partial charge in [-0.1, -0.05) is 30.3 Å². The van der Waals surface area contributed by atoms with E-state index in [-0.39, 0.29) is 23.8 Å². The smallest absolute Gasteiger partial charge is 0.280 e. The Kier molecular flexibility index (Phi) is 7.05. The van der Waals surface area contributed by atoms with Crippen molar-refractivity contribution in [2.75, 3.05) is 13.7 Å². The second-order valence-electron chi connectivity index (χ2n) is 6.18. The summed E-state index contributed by atoms with van der Waals surface area (Å²) in [7, 11) is 1.76. The molecule has 2 aromatic carbocycles. The van der Waals surface area contributed by atoms with Gasteiger partial charge in [-0.2, -0.15) is 0 Å². The van der Waals surface area contributed by atoms with Crippen LogP contribution in [-0.2, 0) is 11.3 Å². The van der Waals surface area contributed by atoms with Crippen molar-refractivity contribution in [2.24, 2.45) is 0 Å². The van der Waals surface area contributed by atoms with Gasteiger partial charge in [0.1, 0.15) is 5.75 Å². The van der Waals surface area contributed by atoms with Crippen LogP contribution in [0.3, 0.4) is 0 Å². The van der Waals surface area contributed by atoms with Crippen LogP contribution >= 0.6 is 0 Å². The second kappa shape index (κ2) is 9.47. The summed E-state index contributed by atoms with van der Waals surface area (Å²) in [4.78, 5) is 35.7. The minimum atomic E-state index is -0.595. The lowest BCUT2D eigenvalue weighted by Crippen LogP contribution is -2.26. The van der Waals surface area contributed by atoms with E-state index in [2.05, 4.69) is 0 Å². The molecule has 0 atom stereocenters. The van der Waals surface area contributed by atoms with Crippen molar-refractivity contribution in [2.45, 2.75) is 26.3 Å². The largest absolute Gasteiger partial charge is 0.494 e. The van der Waals surface area contributed by atoms with Gasteiger partial charge in [0.15, 0.2) is 5.78 Å². The van der Waals surface area contributed by atoms with Crippen LogP contribution in [0.5, 0.6) is 5.75 Å². The van der Waals surface area contributed by atoms with Crippen molar-refractivity contribution in [3.8, 4) is 5.75 Å². The normalized spacial score (nSPS) is 10.3. The van der Waals surface area contributed by atoms with E-state index in [1.54, 1.807) is 11.9 Å². The van der Waals surface area contributed by atoms with Gasteiger partial charge in [-0.15, -0.1) is 0 Å². The number of rotatable bonds is 9. The number of amides is 1. The first-order valence-electron chi connectivity index (χ1n) is 8.58. The highest BCUT2D eigenvalue weighted by Gasteiger charge is 2.18. The average Bonchev–Trinajstić information content (AvgIpc) is 2.65. The highest BCUT2D eigenvalue weighted by Crippen LogP contribution is 2.24. The maximum absolute atomic E-state index is 12.2. The zero-order valence-electron chi connectivity index (χ0n) is 15.4. The van der Waals surface area contributed by atoms with Crippen LogP contribution in [0, 0.1) is 10.1 Å². The molecule has 0 bridgehead atoms. The molecule has 142 valence electrons. The van der Waals surface area contributed by atoms with Gasteiger partial charge in [-0.25, -0.2) is 0 Å². The fourth-order valence-electron chi connectivity index (χ4n) is 2.60. The highest BCUT2D eigenvalue weighted by molar-refractivity contribution is 5.98. The van der Waals surface area contributed by atoms with E-state index in [0.29, 0.717) is 25.1 Å². The Bertz CT molecular complexity index is 820. The fourth-order valence-corrected chi connectivity index (χ4v) is 2.60. The third-order valence-electron chi connectivity index (χ3n) is 4.04. The van der Waals surface area contributed by atoms with E-state index < -0.39 is 10.7 Å². The third kappa shape index (κ3) is 5.91. The van der Waals surface area contributed by atoms with Crippen molar-refractivity contribution >= 4 is 17.4 Å². The molecular formula is C20H22N2O5. The summed E-state index contributed by atoms with van der Waals surface area (Å²) < 4.78 is 5.53. The molecule has 0 aliphatic rings. The summed E-state index contributed by atoms with van der Waals surface area (Å²) >= 11 is 0. The van der Waals surface area contributed by atoms with Crippen LogP contribution < -0.4 is 4.74 Å². The third-order valence-corrected chi connectivity index (χ3v) is 4.04. The van der Waals surface area contributed by atoms with Crippen LogP contribution in [0.1, 0.15) is 35.7 Å². The van der Waals surface area contributed by atoms with E-state index in [0.717, 1.165) is 5.56 Å². The Balaban J connectivity index is 1.82. The minimum absolute atomic E-state index is 0.00979. The molecule has 0 unspecified atom stereocenters. The monoisotopic (exact) mass is 370 g/mol. The molecule has 0 N–H and O–H groups in total. The van der Waals surface area contributed by atoms with Gasteiger partial charge in [-0.3, -0.25) is 19.7 Å². The van der Waals surface area contributed by atoms with Crippen LogP contribution in [0.25, 0.3) is 0 Å². The number of nitro groups is 1. The molecule has 0 saturated carbocycles. The summed E-state index contributed by atoms with van der Waals surface area (Å²) in [5.41, 5.74) is 0.830. The number of hydrogen-bond acceptors (Lipinski definition) is 5. The molecule has 7 heteroatoms. The van der Waals surface area contributed by atoms with Crippen LogP contribution in [0.2, 0.25) is 0 Å². The van der Waals surface area contributed by atoms with Crippen molar-refractivity contribution < 1.29 is 19.2 Å². The summed E-state index contributed by atoms with van der Waals surface area (Å²) in [5.74, 6) is -0.0173. The standard InChI is InChI=1S/C20H22N2O5/c1-15(23)18-13-17(10-11-19(18)22(25)26)27-12-6-9-20(24)21(2)14-16-7-4-3-5-8-16/h3-5,7-8,10-11,13H,6,9,12,14H2,1-2H3. The van der Waals surface area contributed by atoms with Gasteiger partial charge in [0, 0.05) is 26.1 Å². The lowest BCUT2D eigenvalue weighted by Gasteiger charge is -2.17. The molecule has 0 aliphatic carbocycles. The number of carbonyl (C=O) groups is 2. The molecule has 0 aliphatic heterocycles. The van der Waals surface area contributed by atoms with Gasteiger partial charge in [0.25, 0.3) is 5.69 Å². The number of ether oxygens (including phenoxy) is 1. The lowest BCUT2D eigenvalue weighted by atomic mass is 10.1. The van der Waals surface area contributed by atoms with Crippen LogP contribution in [0.4, 0.5) is 5.69 Å². The molecule has 0 fully saturated rings. The molecule has 0 saturated heterocycles. The molecule has 2 aromatic rings. The quantitative estimate of drug-likeness (QED) is 0.291. The topological polar surface area (TPSA) is 89.8 Å². The average molecular weight is 370 g/mol. The van der Waals surface area contributed by atoms with Crippen LogP contribution in [0.15, 0.2) is 48.5 Å². The number of nitro benzene ring substituents is 1. The van der Waals surface area contributed by atoms with E-state index in [1.165, 1.54) is 25.1 Å². The molecule has 27 heavy (non-hydrogen) atoms. The molecular weight excluding hydrogens is 348 g/mol. The van der Waals surface area contributed by atoms with Gasteiger partial charge < -0.3 is 9.64 Å². The number of ketones is 1. The van der Waals surface area contributed by atoms with Gasteiger partial charge >= 0.3 is 0 Å². The number of Topliss-reactive ketones (excluding diaryl/α,β-unsaturated/α-hetero) is 1. The van der Waals surface area contributed by atoms with Gasteiger partial charge in [0.05, 0.1) is 17.1 Å². The van der Waals surface area contributed by atoms with E-state index >= 15 is 0 Å². The first-order chi connectivity index (χ1) is 12.9. The summed E-state index contributed by atoms with van der Waals surface area (Å²) in [6.07, 6.45) is 0.834. The maximum Gasteiger partial charge on any atom is 0.280 e.